The molecule has 5 rings (SSSR count). The van der Waals surface area contributed by atoms with Crippen LogP contribution in [0.2, 0.25) is 0 Å². The summed E-state index contributed by atoms with van der Waals surface area (Å²) in [5, 5.41) is 7.44. The summed E-state index contributed by atoms with van der Waals surface area (Å²) in [5.74, 6) is 0. The average Bonchev–Trinajstić information content (AvgIpc) is 2.65. The van der Waals surface area contributed by atoms with E-state index in [2.05, 4.69) is 84.9 Å². The molecule has 0 aromatic heterocycles. The SMILES string of the molecule is [Y].[c-]1ccc2ccccc2c1-c1[c-]ccc2cc3ccccc3cc12. The van der Waals surface area contributed by atoms with Gasteiger partial charge in [-0.2, -0.15) is 24.3 Å². The van der Waals surface area contributed by atoms with Gasteiger partial charge in [0.25, 0.3) is 0 Å². The number of hydrogen-bond donors (Lipinski definition) is 0. The molecule has 0 N–H and O–H groups in total. The van der Waals surface area contributed by atoms with Crippen LogP contribution in [0.15, 0.2) is 84.9 Å². The van der Waals surface area contributed by atoms with Gasteiger partial charge in [0.05, 0.1) is 0 Å². The summed E-state index contributed by atoms with van der Waals surface area (Å²) in [6.45, 7) is 0. The van der Waals surface area contributed by atoms with Crippen LogP contribution in [0.25, 0.3) is 43.4 Å². The second kappa shape index (κ2) is 6.71. The number of rotatable bonds is 1. The van der Waals surface area contributed by atoms with Crippen molar-refractivity contribution in [1.82, 2.24) is 0 Å². The Bertz CT molecular complexity index is 1200. The molecule has 5 aromatic rings. The molecule has 0 fully saturated rings. The van der Waals surface area contributed by atoms with E-state index in [1.165, 1.54) is 32.3 Å². The first-order valence-corrected chi connectivity index (χ1v) is 8.13. The Balaban J connectivity index is 0.00000157. The predicted molar refractivity (Wildman–Crippen MR) is 102 cm³/mol. The van der Waals surface area contributed by atoms with Crippen LogP contribution in [-0.4, -0.2) is 0 Å². The van der Waals surface area contributed by atoms with Crippen LogP contribution >= 0.6 is 0 Å². The molecular formula is C24H14Y-2. The van der Waals surface area contributed by atoms with E-state index in [-0.39, 0.29) is 32.7 Å². The molecule has 0 bridgehead atoms. The molecule has 0 aliphatic heterocycles. The van der Waals surface area contributed by atoms with Crippen molar-refractivity contribution in [1.29, 1.82) is 0 Å². The monoisotopic (exact) mass is 391 g/mol. The molecule has 0 aliphatic rings. The molecule has 0 saturated carbocycles. The molecule has 0 atom stereocenters. The first-order valence-electron chi connectivity index (χ1n) is 8.13. The average molecular weight is 391 g/mol. The zero-order valence-corrected chi connectivity index (χ0v) is 16.5. The van der Waals surface area contributed by atoms with Gasteiger partial charge in [0.15, 0.2) is 0 Å². The molecule has 0 unspecified atom stereocenters. The van der Waals surface area contributed by atoms with Gasteiger partial charge in [-0.05, 0) is 10.8 Å². The van der Waals surface area contributed by atoms with Gasteiger partial charge >= 0.3 is 0 Å². The molecule has 0 spiro atoms. The van der Waals surface area contributed by atoms with Crippen LogP contribution in [-0.2, 0) is 32.7 Å². The van der Waals surface area contributed by atoms with Gasteiger partial charge in [0.1, 0.15) is 0 Å². The van der Waals surface area contributed by atoms with Gasteiger partial charge in [-0.1, -0.05) is 54.6 Å². The van der Waals surface area contributed by atoms with E-state index in [9.17, 15) is 0 Å². The quantitative estimate of drug-likeness (QED) is 0.229. The Labute approximate surface area is 172 Å². The molecule has 0 amide bonds. The molecular weight excluding hydrogens is 377 g/mol. The van der Waals surface area contributed by atoms with Gasteiger partial charge in [0, 0.05) is 32.7 Å². The largest absolute Gasteiger partial charge is 0.218 e. The van der Waals surface area contributed by atoms with Crippen LogP contribution in [0.5, 0.6) is 0 Å². The Morgan fingerprint density at radius 1 is 0.480 bits per heavy atom. The fourth-order valence-corrected chi connectivity index (χ4v) is 3.48. The predicted octanol–water partition coefficient (Wildman–Crippen LogP) is 6.41. The van der Waals surface area contributed by atoms with Crippen LogP contribution in [0.4, 0.5) is 0 Å². The second-order valence-electron chi connectivity index (χ2n) is 6.08. The van der Waals surface area contributed by atoms with Gasteiger partial charge in [-0.25, -0.2) is 11.1 Å². The Kier molecular flexibility index (Phi) is 4.42. The second-order valence-corrected chi connectivity index (χ2v) is 6.08. The molecule has 0 aliphatic carbocycles. The summed E-state index contributed by atoms with van der Waals surface area (Å²) in [5.41, 5.74) is 2.24. The van der Waals surface area contributed by atoms with Crippen molar-refractivity contribution in [2.75, 3.05) is 0 Å². The minimum atomic E-state index is 0. The fourth-order valence-electron chi connectivity index (χ4n) is 3.48. The third-order valence-electron chi connectivity index (χ3n) is 4.65. The number of hydrogen-bond acceptors (Lipinski definition) is 0. The van der Waals surface area contributed by atoms with Crippen LogP contribution in [0, 0.1) is 12.1 Å². The fraction of sp³-hybridized carbons (Fsp3) is 0. The van der Waals surface area contributed by atoms with Crippen molar-refractivity contribution in [3.05, 3.63) is 97.1 Å². The van der Waals surface area contributed by atoms with Gasteiger partial charge in [-0.15, -0.1) is 39.7 Å². The van der Waals surface area contributed by atoms with Crippen molar-refractivity contribution >= 4 is 32.3 Å². The van der Waals surface area contributed by atoms with Crippen molar-refractivity contribution in [3.63, 3.8) is 0 Å². The maximum absolute atomic E-state index is 3.45. The topological polar surface area (TPSA) is 0 Å². The van der Waals surface area contributed by atoms with E-state index >= 15 is 0 Å². The summed E-state index contributed by atoms with van der Waals surface area (Å²) in [6, 6.07) is 36.7. The van der Waals surface area contributed by atoms with Crippen LogP contribution in [0.1, 0.15) is 0 Å². The summed E-state index contributed by atoms with van der Waals surface area (Å²) >= 11 is 0. The van der Waals surface area contributed by atoms with Crippen molar-refractivity contribution in [3.8, 4) is 11.1 Å². The van der Waals surface area contributed by atoms with Crippen molar-refractivity contribution in [2.24, 2.45) is 0 Å². The molecule has 0 heterocycles. The Hall–Kier alpha value is -2.02. The van der Waals surface area contributed by atoms with E-state index in [4.69, 9.17) is 0 Å². The third kappa shape index (κ3) is 2.80. The molecule has 5 aromatic carbocycles. The van der Waals surface area contributed by atoms with E-state index in [1.54, 1.807) is 0 Å². The molecule has 1 heteroatoms. The van der Waals surface area contributed by atoms with E-state index in [1.807, 2.05) is 12.1 Å². The molecule has 0 saturated heterocycles. The zero-order valence-electron chi connectivity index (χ0n) is 13.7. The minimum absolute atomic E-state index is 0. The van der Waals surface area contributed by atoms with Gasteiger partial charge in [0.2, 0.25) is 0 Å². The first kappa shape index (κ1) is 16.5. The molecule has 115 valence electrons. The number of benzene rings is 5. The third-order valence-corrected chi connectivity index (χ3v) is 4.65. The smallest absolute Gasteiger partial charge is 0 e. The maximum Gasteiger partial charge on any atom is 0 e. The molecule has 1 radical (unpaired) electrons. The van der Waals surface area contributed by atoms with E-state index in [0.29, 0.717) is 0 Å². The van der Waals surface area contributed by atoms with Crippen molar-refractivity contribution in [2.45, 2.75) is 0 Å². The van der Waals surface area contributed by atoms with E-state index in [0.717, 1.165) is 11.1 Å². The Morgan fingerprint density at radius 3 is 1.80 bits per heavy atom. The normalized spacial score (nSPS) is 10.9. The summed E-state index contributed by atoms with van der Waals surface area (Å²) in [6.07, 6.45) is 0. The maximum atomic E-state index is 3.45. The molecule has 0 nitrogen and oxygen atoms in total. The summed E-state index contributed by atoms with van der Waals surface area (Å²) in [7, 11) is 0. The van der Waals surface area contributed by atoms with Gasteiger partial charge < -0.3 is 0 Å². The van der Waals surface area contributed by atoms with Crippen molar-refractivity contribution < 1.29 is 32.7 Å². The Morgan fingerprint density at radius 2 is 1.04 bits per heavy atom. The molecule has 25 heavy (non-hydrogen) atoms. The van der Waals surface area contributed by atoms with Gasteiger partial charge in [-0.3, -0.25) is 0 Å². The number of fused-ring (bicyclic) bond motifs is 3. The standard InChI is InChI=1S/C24H14.Y/c1-2-9-19-16-24-20(15-18(19)8-1)11-6-14-23(24)22-13-5-10-17-7-3-4-12-21(17)22;/h1-12,15-16H;/q-2;. The summed E-state index contributed by atoms with van der Waals surface area (Å²) in [4.78, 5) is 0. The van der Waals surface area contributed by atoms with Crippen LogP contribution in [0.3, 0.4) is 0 Å². The minimum Gasteiger partial charge on any atom is -0.218 e. The van der Waals surface area contributed by atoms with Crippen LogP contribution < -0.4 is 0 Å². The van der Waals surface area contributed by atoms with E-state index < -0.39 is 0 Å². The first-order chi connectivity index (χ1) is 11.9. The zero-order chi connectivity index (χ0) is 15.9. The summed E-state index contributed by atoms with van der Waals surface area (Å²) < 4.78 is 0.